The van der Waals surface area contributed by atoms with Crippen LogP contribution in [-0.4, -0.2) is 9.97 Å². The number of halogens is 3. The van der Waals surface area contributed by atoms with Crippen LogP contribution < -0.4 is 5.73 Å². The second kappa shape index (κ2) is 4.76. The van der Waals surface area contributed by atoms with Crippen molar-refractivity contribution in [3.05, 3.63) is 58.4 Å². The molecule has 0 bridgehead atoms. The van der Waals surface area contributed by atoms with Gasteiger partial charge in [0.05, 0.1) is 11.2 Å². The molecule has 0 aliphatic carbocycles. The molecule has 3 N–H and O–H groups in total. The number of H-pyrrole nitrogens is 1. The van der Waals surface area contributed by atoms with Crippen LogP contribution in [0, 0.1) is 11.6 Å². The van der Waals surface area contributed by atoms with Gasteiger partial charge in [-0.15, -0.1) is 0 Å². The van der Waals surface area contributed by atoms with Crippen molar-refractivity contribution < 1.29 is 8.78 Å². The molecule has 2 aromatic carbocycles. The van der Waals surface area contributed by atoms with Gasteiger partial charge in [-0.05, 0) is 23.8 Å². The minimum absolute atomic E-state index is 0.148. The molecule has 0 spiro atoms. The highest BCUT2D eigenvalue weighted by Gasteiger charge is 2.12. The molecule has 0 aliphatic rings. The minimum atomic E-state index is -0.874. The van der Waals surface area contributed by atoms with E-state index < -0.39 is 11.6 Å². The first kappa shape index (κ1) is 12.9. The van der Waals surface area contributed by atoms with Crippen LogP contribution in [0.4, 0.5) is 14.5 Å². The first-order chi connectivity index (χ1) is 9.54. The zero-order chi connectivity index (χ0) is 14.3. The van der Waals surface area contributed by atoms with Gasteiger partial charge in [0.15, 0.2) is 11.6 Å². The number of aromatic nitrogens is 2. The van der Waals surface area contributed by atoms with Gasteiger partial charge in [0.1, 0.15) is 11.3 Å². The minimum Gasteiger partial charge on any atom is -0.397 e. The van der Waals surface area contributed by atoms with Crippen molar-refractivity contribution in [2.24, 2.45) is 0 Å². The molecule has 0 aliphatic heterocycles. The van der Waals surface area contributed by atoms with Gasteiger partial charge in [-0.1, -0.05) is 23.7 Å². The fourth-order valence-corrected chi connectivity index (χ4v) is 2.33. The van der Waals surface area contributed by atoms with Crippen LogP contribution in [0.2, 0.25) is 5.02 Å². The lowest BCUT2D eigenvalue weighted by atomic mass is 10.1. The van der Waals surface area contributed by atoms with Crippen molar-refractivity contribution in [1.82, 2.24) is 9.97 Å². The first-order valence-electron chi connectivity index (χ1n) is 5.91. The van der Waals surface area contributed by atoms with Crippen molar-refractivity contribution in [2.75, 3.05) is 5.73 Å². The van der Waals surface area contributed by atoms with E-state index in [9.17, 15) is 8.78 Å². The van der Waals surface area contributed by atoms with E-state index >= 15 is 0 Å². The Bertz CT molecular complexity index is 798. The largest absolute Gasteiger partial charge is 0.397 e. The first-order valence-corrected chi connectivity index (χ1v) is 6.29. The molecule has 0 amide bonds. The highest BCUT2D eigenvalue weighted by atomic mass is 35.5. The van der Waals surface area contributed by atoms with Crippen molar-refractivity contribution in [2.45, 2.75) is 6.42 Å². The lowest BCUT2D eigenvalue weighted by molar-refractivity contribution is 0.500. The van der Waals surface area contributed by atoms with Crippen LogP contribution in [0.15, 0.2) is 30.3 Å². The highest BCUT2D eigenvalue weighted by Crippen LogP contribution is 2.25. The predicted octanol–water partition coefficient (Wildman–Crippen LogP) is 3.67. The van der Waals surface area contributed by atoms with Gasteiger partial charge in [0.25, 0.3) is 0 Å². The smallest absolute Gasteiger partial charge is 0.162 e. The molecular weight excluding hydrogens is 284 g/mol. The SMILES string of the molecule is Nc1cc(Cl)cc2[nH]c(Cc3cccc(F)c3F)nc12. The Labute approximate surface area is 118 Å². The van der Waals surface area contributed by atoms with Gasteiger partial charge in [-0.3, -0.25) is 0 Å². The van der Waals surface area contributed by atoms with E-state index in [1.165, 1.54) is 12.1 Å². The number of hydrogen-bond acceptors (Lipinski definition) is 2. The molecule has 0 atom stereocenters. The van der Waals surface area contributed by atoms with Crippen LogP contribution in [0.25, 0.3) is 11.0 Å². The highest BCUT2D eigenvalue weighted by molar-refractivity contribution is 6.31. The third kappa shape index (κ3) is 2.20. The molecule has 1 heterocycles. The summed E-state index contributed by atoms with van der Waals surface area (Å²) >= 11 is 5.90. The normalized spacial score (nSPS) is 11.2. The summed E-state index contributed by atoms with van der Waals surface area (Å²) in [5.41, 5.74) is 7.73. The second-order valence-corrected chi connectivity index (χ2v) is 4.90. The molecule has 1 aromatic heterocycles. The summed E-state index contributed by atoms with van der Waals surface area (Å²) in [7, 11) is 0. The molecule has 3 nitrogen and oxygen atoms in total. The van der Waals surface area contributed by atoms with E-state index in [4.69, 9.17) is 17.3 Å². The Hall–Kier alpha value is -2.14. The molecule has 0 saturated carbocycles. The maximum absolute atomic E-state index is 13.6. The van der Waals surface area contributed by atoms with Crippen LogP contribution in [0.5, 0.6) is 0 Å². The molecule has 0 fully saturated rings. The molecule has 3 aromatic rings. The van der Waals surface area contributed by atoms with Crippen LogP contribution in [0.3, 0.4) is 0 Å². The number of nitrogens with one attached hydrogen (secondary N) is 1. The third-order valence-corrected chi connectivity index (χ3v) is 3.24. The number of nitrogens with zero attached hydrogens (tertiary/aromatic N) is 1. The standard InChI is InChI=1S/C14H10ClF2N3/c15-8-5-10(18)14-11(6-8)19-12(20-14)4-7-2-1-3-9(16)13(7)17/h1-3,5-6H,4,18H2,(H,19,20). The predicted molar refractivity (Wildman–Crippen MR) is 74.7 cm³/mol. The molecular formula is C14H10ClF2N3. The molecule has 20 heavy (non-hydrogen) atoms. The number of hydrogen-bond donors (Lipinski definition) is 2. The molecule has 0 saturated heterocycles. The fraction of sp³-hybridized carbons (Fsp3) is 0.0714. The summed E-state index contributed by atoms with van der Waals surface area (Å²) in [6.07, 6.45) is 0.148. The molecule has 6 heteroatoms. The number of nitrogen functional groups attached to an aromatic ring is 1. The summed E-state index contributed by atoms with van der Waals surface area (Å²) in [6.45, 7) is 0. The molecule has 3 rings (SSSR count). The number of nitrogens with two attached hydrogens (primary N) is 1. The van der Waals surface area contributed by atoms with E-state index in [0.29, 0.717) is 27.6 Å². The van der Waals surface area contributed by atoms with E-state index in [1.807, 2.05) is 0 Å². The number of anilines is 1. The number of rotatable bonds is 2. The maximum Gasteiger partial charge on any atom is 0.162 e. The number of fused-ring (bicyclic) bond motifs is 1. The Morgan fingerprint density at radius 3 is 2.85 bits per heavy atom. The average molecular weight is 294 g/mol. The lowest BCUT2D eigenvalue weighted by Gasteiger charge is -2.01. The number of imidazole rings is 1. The van der Waals surface area contributed by atoms with Crippen LogP contribution in [0.1, 0.15) is 11.4 Å². The van der Waals surface area contributed by atoms with Gasteiger partial charge in [-0.2, -0.15) is 0 Å². The van der Waals surface area contributed by atoms with Crippen LogP contribution >= 0.6 is 11.6 Å². The van der Waals surface area contributed by atoms with Crippen molar-refractivity contribution in [3.63, 3.8) is 0 Å². The van der Waals surface area contributed by atoms with Crippen molar-refractivity contribution in [3.8, 4) is 0 Å². The summed E-state index contributed by atoms with van der Waals surface area (Å²) < 4.78 is 26.8. The fourth-order valence-electron chi connectivity index (χ4n) is 2.11. The van der Waals surface area contributed by atoms with Crippen molar-refractivity contribution in [1.29, 1.82) is 0 Å². The van der Waals surface area contributed by atoms with E-state index in [0.717, 1.165) is 6.07 Å². The lowest BCUT2D eigenvalue weighted by Crippen LogP contribution is -1.97. The molecule has 102 valence electrons. The topological polar surface area (TPSA) is 54.7 Å². The van der Waals surface area contributed by atoms with Gasteiger partial charge in [0, 0.05) is 11.4 Å². The Morgan fingerprint density at radius 2 is 2.05 bits per heavy atom. The summed E-state index contributed by atoms with van der Waals surface area (Å²) in [5.74, 6) is -1.24. The quantitative estimate of drug-likeness (QED) is 0.708. The van der Waals surface area contributed by atoms with Gasteiger partial charge in [0.2, 0.25) is 0 Å². The van der Waals surface area contributed by atoms with Gasteiger partial charge < -0.3 is 10.7 Å². The van der Waals surface area contributed by atoms with Gasteiger partial charge in [-0.25, -0.2) is 13.8 Å². The summed E-state index contributed by atoms with van der Waals surface area (Å²) in [5, 5.41) is 0.488. The van der Waals surface area contributed by atoms with Crippen molar-refractivity contribution >= 4 is 28.3 Å². The molecule has 0 unspecified atom stereocenters. The van der Waals surface area contributed by atoms with E-state index in [1.54, 1.807) is 12.1 Å². The third-order valence-electron chi connectivity index (χ3n) is 3.02. The van der Waals surface area contributed by atoms with Crippen LogP contribution in [-0.2, 0) is 6.42 Å². The molecule has 0 radical (unpaired) electrons. The Kier molecular flexibility index (Phi) is 3.06. The maximum atomic E-state index is 13.6. The Morgan fingerprint density at radius 1 is 1.25 bits per heavy atom. The monoisotopic (exact) mass is 293 g/mol. The number of aromatic amines is 1. The van der Waals surface area contributed by atoms with E-state index in [2.05, 4.69) is 9.97 Å². The van der Waals surface area contributed by atoms with Gasteiger partial charge >= 0.3 is 0 Å². The second-order valence-electron chi connectivity index (χ2n) is 4.46. The zero-order valence-electron chi connectivity index (χ0n) is 10.3. The zero-order valence-corrected chi connectivity index (χ0v) is 11.0. The average Bonchev–Trinajstić information content (AvgIpc) is 2.78. The summed E-state index contributed by atoms with van der Waals surface area (Å²) in [4.78, 5) is 7.30. The Balaban J connectivity index is 2.03. The summed E-state index contributed by atoms with van der Waals surface area (Å²) in [6, 6.07) is 7.34. The number of benzene rings is 2. The van der Waals surface area contributed by atoms with E-state index in [-0.39, 0.29) is 12.0 Å².